The predicted molar refractivity (Wildman–Crippen MR) is 96.8 cm³/mol. The number of carbonyl (C=O) groups excluding carboxylic acids is 1. The molecule has 0 bridgehead atoms. The van der Waals surface area contributed by atoms with Gasteiger partial charge in [-0.2, -0.15) is 0 Å². The first-order valence-electron chi connectivity index (χ1n) is 8.72. The number of morpholine rings is 1. The number of likely N-dealkylation sites (tertiary alicyclic amines) is 1. The lowest BCUT2D eigenvalue weighted by molar-refractivity contribution is 0.122. The number of amides is 2. The SMILES string of the molecule is O=C(Nc1ccc(N2CCOCC2)nc1)N1CC[C@H]1c1ccccc1. The smallest absolute Gasteiger partial charge is 0.322 e. The lowest BCUT2D eigenvalue weighted by Crippen LogP contribution is -2.47. The summed E-state index contributed by atoms with van der Waals surface area (Å²) in [4.78, 5) is 21.1. The molecule has 0 unspecified atom stereocenters. The number of benzene rings is 1. The van der Waals surface area contributed by atoms with Crippen LogP contribution < -0.4 is 10.2 Å². The first-order chi connectivity index (χ1) is 12.3. The standard InChI is InChI=1S/C19H22N4O2/c24-19(23-9-8-17(23)15-4-2-1-3-5-15)21-16-6-7-18(20-14-16)22-10-12-25-13-11-22/h1-7,14,17H,8-13H2,(H,21,24)/t17-/m0/s1. The van der Waals surface area contributed by atoms with Gasteiger partial charge in [0.15, 0.2) is 0 Å². The average Bonchev–Trinajstić information content (AvgIpc) is 2.63. The molecule has 130 valence electrons. The van der Waals surface area contributed by atoms with Crippen LogP contribution in [0.1, 0.15) is 18.0 Å². The van der Waals surface area contributed by atoms with Gasteiger partial charge in [-0.05, 0) is 24.1 Å². The number of carbonyl (C=O) groups is 1. The van der Waals surface area contributed by atoms with E-state index in [-0.39, 0.29) is 12.1 Å². The zero-order valence-corrected chi connectivity index (χ0v) is 14.1. The molecule has 2 amide bonds. The van der Waals surface area contributed by atoms with E-state index in [0.717, 1.165) is 50.8 Å². The van der Waals surface area contributed by atoms with Gasteiger partial charge in [-0.1, -0.05) is 30.3 Å². The van der Waals surface area contributed by atoms with Crippen LogP contribution in [0.2, 0.25) is 0 Å². The Morgan fingerprint density at radius 2 is 1.88 bits per heavy atom. The van der Waals surface area contributed by atoms with E-state index in [1.165, 1.54) is 5.56 Å². The minimum Gasteiger partial charge on any atom is -0.378 e. The van der Waals surface area contributed by atoms with E-state index < -0.39 is 0 Å². The van der Waals surface area contributed by atoms with Crippen LogP contribution in [-0.2, 0) is 4.74 Å². The number of anilines is 2. The number of ether oxygens (including phenoxy) is 1. The first-order valence-corrected chi connectivity index (χ1v) is 8.72. The van der Waals surface area contributed by atoms with E-state index in [9.17, 15) is 4.79 Å². The van der Waals surface area contributed by atoms with Gasteiger partial charge < -0.3 is 19.9 Å². The molecule has 0 spiro atoms. The normalized spacial score (nSPS) is 20.1. The zero-order valence-electron chi connectivity index (χ0n) is 14.1. The monoisotopic (exact) mass is 338 g/mol. The number of nitrogens with one attached hydrogen (secondary N) is 1. The highest BCUT2D eigenvalue weighted by Gasteiger charge is 2.33. The first kappa shape index (κ1) is 15.9. The lowest BCUT2D eigenvalue weighted by Gasteiger charge is -2.41. The molecule has 25 heavy (non-hydrogen) atoms. The Kier molecular flexibility index (Phi) is 4.52. The average molecular weight is 338 g/mol. The Labute approximate surface area is 147 Å². The van der Waals surface area contributed by atoms with Crippen molar-refractivity contribution in [2.45, 2.75) is 12.5 Å². The van der Waals surface area contributed by atoms with Crippen LogP contribution in [0.3, 0.4) is 0 Å². The Bertz CT molecular complexity index is 714. The topological polar surface area (TPSA) is 57.7 Å². The number of aromatic nitrogens is 1. The molecule has 6 nitrogen and oxygen atoms in total. The summed E-state index contributed by atoms with van der Waals surface area (Å²) in [5.74, 6) is 0.924. The van der Waals surface area contributed by atoms with Gasteiger partial charge >= 0.3 is 6.03 Å². The van der Waals surface area contributed by atoms with Crippen molar-refractivity contribution < 1.29 is 9.53 Å². The highest BCUT2D eigenvalue weighted by Crippen LogP contribution is 2.33. The molecule has 2 aromatic rings. The predicted octanol–water partition coefficient (Wildman–Crippen LogP) is 2.90. The van der Waals surface area contributed by atoms with Gasteiger partial charge in [0.1, 0.15) is 5.82 Å². The maximum atomic E-state index is 12.5. The van der Waals surface area contributed by atoms with Crippen LogP contribution in [0.5, 0.6) is 0 Å². The van der Waals surface area contributed by atoms with Crippen molar-refractivity contribution in [2.24, 2.45) is 0 Å². The molecule has 6 heteroatoms. The number of urea groups is 1. The van der Waals surface area contributed by atoms with Gasteiger partial charge in [0.05, 0.1) is 31.1 Å². The van der Waals surface area contributed by atoms with Crippen molar-refractivity contribution in [3.05, 3.63) is 54.2 Å². The van der Waals surface area contributed by atoms with Gasteiger partial charge in [0, 0.05) is 19.6 Å². The summed E-state index contributed by atoms with van der Waals surface area (Å²) in [6, 6.07) is 14.1. The van der Waals surface area contributed by atoms with E-state index >= 15 is 0 Å². The maximum absolute atomic E-state index is 12.5. The molecular weight excluding hydrogens is 316 g/mol. The van der Waals surface area contributed by atoms with Crippen LogP contribution in [0.15, 0.2) is 48.7 Å². The Morgan fingerprint density at radius 3 is 2.52 bits per heavy atom. The number of rotatable bonds is 3. The molecule has 4 rings (SSSR count). The summed E-state index contributed by atoms with van der Waals surface area (Å²) in [6.45, 7) is 3.95. The Hall–Kier alpha value is -2.60. The fraction of sp³-hybridized carbons (Fsp3) is 0.368. The second-order valence-electron chi connectivity index (χ2n) is 6.34. The van der Waals surface area contributed by atoms with Crippen molar-refractivity contribution in [1.29, 1.82) is 0 Å². The van der Waals surface area contributed by atoms with Gasteiger partial charge in [-0.15, -0.1) is 0 Å². The maximum Gasteiger partial charge on any atom is 0.322 e. The second-order valence-corrected chi connectivity index (χ2v) is 6.34. The molecule has 0 saturated carbocycles. The summed E-state index contributed by atoms with van der Waals surface area (Å²) in [6.07, 6.45) is 2.73. The largest absolute Gasteiger partial charge is 0.378 e. The third kappa shape index (κ3) is 3.44. The molecular formula is C19H22N4O2. The summed E-state index contributed by atoms with van der Waals surface area (Å²) < 4.78 is 5.36. The minimum atomic E-state index is -0.0685. The van der Waals surface area contributed by atoms with Gasteiger partial charge in [0.25, 0.3) is 0 Å². The van der Waals surface area contributed by atoms with Crippen molar-refractivity contribution in [1.82, 2.24) is 9.88 Å². The number of pyridine rings is 1. The van der Waals surface area contributed by atoms with Gasteiger partial charge in [-0.3, -0.25) is 0 Å². The van der Waals surface area contributed by atoms with Crippen molar-refractivity contribution in [2.75, 3.05) is 43.1 Å². The van der Waals surface area contributed by atoms with E-state index in [1.807, 2.05) is 35.2 Å². The molecule has 1 atom stereocenters. The molecule has 0 aliphatic carbocycles. The summed E-state index contributed by atoms with van der Waals surface area (Å²) >= 11 is 0. The summed E-state index contributed by atoms with van der Waals surface area (Å²) in [5, 5.41) is 2.96. The van der Waals surface area contributed by atoms with E-state index in [0.29, 0.717) is 0 Å². The molecule has 2 fully saturated rings. The lowest BCUT2D eigenvalue weighted by atomic mass is 9.95. The van der Waals surface area contributed by atoms with E-state index in [4.69, 9.17) is 4.74 Å². The van der Waals surface area contributed by atoms with E-state index in [2.05, 4.69) is 27.3 Å². The highest BCUT2D eigenvalue weighted by atomic mass is 16.5. The van der Waals surface area contributed by atoms with Crippen molar-refractivity contribution in [3.8, 4) is 0 Å². The number of hydrogen-bond acceptors (Lipinski definition) is 4. The fourth-order valence-electron chi connectivity index (χ4n) is 3.29. The van der Waals surface area contributed by atoms with Crippen molar-refractivity contribution in [3.63, 3.8) is 0 Å². The molecule has 2 aliphatic heterocycles. The van der Waals surface area contributed by atoms with Crippen LogP contribution in [0, 0.1) is 0 Å². The van der Waals surface area contributed by atoms with Gasteiger partial charge in [0.2, 0.25) is 0 Å². The third-order valence-corrected chi connectivity index (χ3v) is 4.80. The highest BCUT2D eigenvalue weighted by molar-refractivity contribution is 5.90. The Balaban J connectivity index is 1.37. The molecule has 1 N–H and O–H groups in total. The fourth-order valence-corrected chi connectivity index (χ4v) is 3.29. The molecule has 3 heterocycles. The van der Waals surface area contributed by atoms with Crippen molar-refractivity contribution >= 4 is 17.5 Å². The van der Waals surface area contributed by atoms with Crippen LogP contribution >= 0.6 is 0 Å². The molecule has 2 aliphatic rings. The minimum absolute atomic E-state index is 0.0685. The van der Waals surface area contributed by atoms with Crippen LogP contribution in [0.25, 0.3) is 0 Å². The third-order valence-electron chi connectivity index (χ3n) is 4.80. The van der Waals surface area contributed by atoms with E-state index in [1.54, 1.807) is 6.20 Å². The molecule has 0 radical (unpaired) electrons. The zero-order chi connectivity index (χ0) is 17.1. The Morgan fingerprint density at radius 1 is 1.08 bits per heavy atom. The van der Waals surface area contributed by atoms with Gasteiger partial charge in [-0.25, -0.2) is 9.78 Å². The summed E-state index contributed by atoms with van der Waals surface area (Å²) in [5.41, 5.74) is 1.91. The number of nitrogens with zero attached hydrogens (tertiary/aromatic N) is 3. The molecule has 2 saturated heterocycles. The van der Waals surface area contributed by atoms with Crippen LogP contribution in [-0.4, -0.2) is 48.8 Å². The second kappa shape index (κ2) is 7.11. The molecule has 1 aromatic heterocycles. The summed E-state index contributed by atoms with van der Waals surface area (Å²) in [7, 11) is 0. The molecule has 1 aromatic carbocycles. The quantitative estimate of drug-likeness (QED) is 0.935. The number of hydrogen-bond donors (Lipinski definition) is 1. The van der Waals surface area contributed by atoms with Crippen LogP contribution in [0.4, 0.5) is 16.3 Å².